The lowest BCUT2D eigenvalue weighted by molar-refractivity contribution is -0.274. The number of nitrogens with two attached hydrogens (primary N) is 2. The van der Waals surface area contributed by atoms with Gasteiger partial charge in [-0.1, -0.05) is 12.1 Å². The van der Waals surface area contributed by atoms with Crippen LogP contribution in [0.25, 0.3) is 0 Å². The molecule has 1 heterocycles. The van der Waals surface area contributed by atoms with E-state index >= 15 is 0 Å². The predicted octanol–water partition coefficient (Wildman–Crippen LogP) is 0.962. The Kier molecular flexibility index (Phi) is 6.07. The van der Waals surface area contributed by atoms with Crippen molar-refractivity contribution in [2.45, 2.75) is 12.9 Å². The quantitative estimate of drug-likeness (QED) is 0.620. The van der Waals surface area contributed by atoms with Crippen LogP contribution in [-0.4, -0.2) is 61.3 Å². The molecule has 1 fully saturated rings. The minimum Gasteiger partial charge on any atom is -0.406 e. The second kappa shape index (κ2) is 8.06. The van der Waals surface area contributed by atoms with Gasteiger partial charge in [0, 0.05) is 26.2 Å². The van der Waals surface area contributed by atoms with Gasteiger partial charge in [0.15, 0.2) is 5.96 Å². The summed E-state index contributed by atoms with van der Waals surface area (Å²) >= 11 is 0. The molecule has 1 aromatic rings. The van der Waals surface area contributed by atoms with Crippen LogP contribution >= 0.6 is 0 Å². The average molecular weight is 358 g/mol. The average Bonchev–Trinajstić information content (AvgIpc) is 2.53. The van der Waals surface area contributed by atoms with Gasteiger partial charge in [-0.25, -0.2) is 4.99 Å². The highest BCUT2D eigenvalue weighted by Crippen LogP contribution is 2.22. The first-order chi connectivity index (χ1) is 11.7. The van der Waals surface area contributed by atoms with Crippen molar-refractivity contribution >= 4 is 11.9 Å². The molecule has 4 N–H and O–H groups in total. The monoisotopic (exact) mass is 358 g/mol. The summed E-state index contributed by atoms with van der Waals surface area (Å²) in [4.78, 5) is 12.2. The molecule has 0 saturated carbocycles. The zero-order valence-corrected chi connectivity index (χ0v) is 13.8. The normalized spacial score (nSPS) is 17.7. The zero-order valence-electron chi connectivity index (χ0n) is 13.8. The molecule has 7 nitrogen and oxygen atoms in total. The molecule has 2 rings (SSSR count). The van der Waals surface area contributed by atoms with Crippen LogP contribution in [0.4, 0.5) is 13.2 Å². The van der Waals surface area contributed by atoms with Gasteiger partial charge in [-0.05, 0) is 24.7 Å². The molecular weight excluding hydrogens is 337 g/mol. The number of nitrogens with zero attached hydrogens (tertiary/aromatic N) is 4. The van der Waals surface area contributed by atoms with Crippen molar-refractivity contribution < 1.29 is 17.9 Å². The number of rotatable bonds is 3. The maximum absolute atomic E-state index is 12.1. The second-order valence-electron chi connectivity index (χ2n) is 5.63. The number of piperazine rings is 1. The van der Waals surface area contributed by atoms with Crippen molar-refractivity contribution in [3.05, 3.63) is 29.8 Å². The topological polar surface area (TPSA) is 92.5 Å². The molecule has 0 aromatic heterocycles. The Hall–Kier alpha value is -2.49. The third kappa shape index (κ3) is 6.49. The second-order valence-corrected chi connectivity index (χ2v) is 5.63. The zero-order chi connectivity index (χ0) is 18.4. The summed E-state index contributed by atoms with van der Waals surface area (Å²) < 4.78 is 40.1. The maximum Gasteiger partial charge on any atom is 0.573 e. The van der Waals surface area contributed by atoms with Crippen LogP contribution in [0.2, 0.25) is 0 Å². The van der Waals surface area contributed by atoms with E-state index in [1.54, 1.807) is 0 Å². The number of likely N-dealkylation sites (N-methyl/N-ethyl adjacent to an activating group) is 1. The Morgan fingerprint density at radius 1 is 1.12 bits per heavy atom. The van der Waals surface area contributed by atoms with E-state index < -0.39 is 6.36 Å². The highest BCUT2D eigenvalue weighted by atomic mass is 19.4. The van der Waals surface area contributed by atoms with Crippen LogP contribution in [0, 0.1) is 0 Å². The first-order valence-corrected chi connectivity index (χ1v) is 7.65. The van der Waals surface area contributed by atoms with E-state index in [2.05, 4.69) is 19.6 Å². The van der Waals surface area contributed by atoms with Crippen molar-refractivity contribution in [2.24, 2.45) is 21.5 Å². The van der Waals surface area contributed by atoms with Crippen LogP contribution in [-0.2, 0) is 6.54 Å². The van der Waals surface area contributed by atoms with Crippen LogP contribution in [0.3, 0.4) is 0 Å². The van der Waals surface area contributed by atoms with Gasteiger partial charge in [-0.2, -0.15) is 4.99 Å². The lowest BCUT2D eigenvalue weighted by atomic mass is 10.2. The molecule has 25 heavy (non-hydrogen) atoms. The Labute approximate surface area is 143 Å². The van der Waals surface area contributed by atoms with Gasteiger partial charge in [-0.15, -0.1) is 13.2 Å². The third-order valence-electron chi connectivity index (χ3n) is 3.64. The maximum atomic E-state index is 12.1. The van der Waals surface area contributed by atoms with Crippen LogP contribution in [0.5, 0.6) is 5.75 Å². The highest BCUT2D eigenvalue weighted by molar-refractivity contribution is 5.93. The summed E-state index contributed by atoms with van der Waals surface area (Å²) in [7, 11) is 2.03. The third-order valence-corrected chi connectivity index (χ3v) is 3.64. The number of aliphatic imine (C=N–C) groups is 2. The first-order valence-electron chi connectivity index (χ1n) is 7.65. The van der Waals surface area contributed by atoms with Crippen LogP contribution in [0.1, 0.15) is 5.56 Å². The molecule has 0 atom stereocenters. The van der Waals surface area contributed by atoms with Crippen LogP contribution < -0.4 is 16.2 Å². The van der Waals surface area contributed by atoms with Crippen molar-refractivity contribution in [1.82, 2.24) is 9.80 Å². The standard InChI is InChI=1S/C15H21F3N6O/c1-23-6-8-24(9-7-23)14(20)22-13(19)21-10-11-2-4-12(5-3-11)25-15(16,17)18/h2-5H,6-10H2,1H3,(H4,19,20,21,22). The molecular formula is C15H21F3N6O. The summed E-state index contributed by atoms with van der Waals surface area (Å²) in [6.07, 6.45) is -4.71. The minimum atomic E-state index is -4.71. The molecule has 1 aromatic carbocycles. The van der Waals surface area contributed by atoms with Crippen molar-refractivity contribution in [2.75, 3.05) is 33.2 Å². The lowest BCUT2D eigenvalue weighted by Gasteiger charge is -2.32. The Bertz CT molecular complexity index is 621. The number of alkyl halides is 3. The van der Waals surface area contributed by atoms with Crippen molar-refractivity contribution in [3.8, 4) is 5.75 Å². The molecule has 0 spiro atoms. The van der Waals surface area contributed by atoms with E-state index in [4.69, 9.17) is 11.5 Å². The first kappa shape index (κ1) is 18.8. The van der Waals surface area contributed by atoms with Crippen molar-refractivity contribution in [3.63, 3.8) is 0 Å². The minimum absolute atomic E-state index is 0.0204. The number of hydrogen-bond acceptors (Lipinski definition) is 3. The van der Waals surface area contributed by atoms with Gasteiger partial charge in [-0.3, -0.25) is 0 Å². The van der Waals surface area contributed by atoms with Gasteiger partial charge in [0.1, 0.15) is 5.75 Å². The number of ether oxygens (including phenoxy) is 1. The van der Waals surface area contributed by atoms with Crippen LogP contribution in [0.15, 0.2) is 34.3 Å². The van der Waals surface area contributed by atoms with Gasteiger partial charge < -0.3 is 26.0 Å². The summed E-state index contributed by atoms with van der Waals surface area (Å²) in [6.45, 7) is 3.48. The van der Waals surface area contributed by atoms with E-state index in [9.17, 15) is 13.2 Å². The van der Waals surface area contributed by atoms with E-state index in [-0.39, 0.29) is 18.3 Å². The molecule has 0 bridgehead atoms. The van der Waals surface area contributed by atoms with E-state index in [1.165, 1.54) is 24.3 Å². The molecule has 1 aliphatic rings. The Morgan fingerprint density at radius 2 is 1.72 bits per heavy atom. The molecule has 0 radical (unpaired) electrons. The Morgan fingerprint density at radius 3 is 2.28 bits per heavy atom. The predicted molar refractivity (Wildman–Crippen MR) is 89.1 cm³/mol. The number of halogens is 3. The van der Waals surface area contributed by atoms with E-state index in [1.807, 2.05) is 11.9 Å². The fourth-order valence-corrected chi connectivity index (χ4v) is 2.23. The SMILES string of the molecule is CN1CCN(/C(N)=N/C(N)=NCc2ccc(OC(F)(F)F)cc2)CC1. The van der Waals surface area contributed by atoms with E-state index in [0.717, 1.165) is 26.2 Å². The summed E-state index contributed by atoms with van der Waals surface area (Å²) in [6, 6.07) is 5.39. The molecule has 10 heteroatoms. The smallest absolute Gasteiger partial charge is 0.406 e. The number of benzene rings is 1. The Balaban J connectivity index is 1.90. The molecule has 0 amide bonds. The fraction of sp³-hybridized carbons (Fsp3) is 0.467. The number of guanidine groups is 2. The van der Waals surface area contributed by atoms with E-state index in [0.29, 0.717) is 11.5 Å². The van der Waals surface area contributed by atoms with Gasteiger partial charge >= 0.3 is 6.36 Å². The molecule has 0 aliphatic carbocycles. The van der Waals surface area contributed by atoms with Crippen molar-refractivity contribution in [1.29, 1.82) is 0 Å². The van der Waals surface area contributed by atoms with Gasteiger partial charge in [0.25, 0.3) is 0 Å². The summed E-state index contributed by atoms with van der Waals surface area (Å²) in [5, 5.41) is 0. The summed E-state index contributed by atoms with van der Waals surface area (Å²) in [5.41, 5.74) is 12.3. The van der Waals surface area contributed by atoms with Gasteiger partial charge in [0.2, 0.25) is 5.96 Å². The highest BCUT2D eigenvalue weighted by Gasteiger charge is 2.30. The van der Waals surface area contributed by atoms with Gasteiger partial charge in [0.05, 0.1) is 6.54 Å². The summed E-state index contributed by atoms with van der Waals surface area (Å²) in [5.74, 6) is 0.0425. The molecule has 0 unspecified atom stereocenters. The fourth-order valence-electron chi connectivity index (χ4n) is 2.23. The lowest BCUT2D eigenvalue weighted by Crippen LogP contribution is -2.50. The largest absolute Gasteiger partial charge is 0.573 e. The molecule has 1 saturated heterocycles. The molecule has 1 aliphatic heterocycles. The molecule has 138 valence electrons. The number of hydrogen-bond donors (Lipinski definition) is 2.